The fraction of sp³-hybridized carbons (Fsp3) is 0.659. The number of nitrogens with one attached hydrogen (secondary N) is 4. The highest BCUT2D eigenvalue weighted by Crippen LogP contribution is 2.37. The van der Waals surface area contributed by atoms with Crippen LogP contribution in [0, 0.1) is 11.3 Å². The molecule has 0 radical (unpaired) electrons. The summed E-state index contributed by atoms with van der Waals surface area (Å²) in [6, 6.07) is 7.81. The highest BCUT2D eigenvalue weighted by Gasteiger charge is 2.30. The van der Waals surface area contributed by atoms with Crippen LogP contribution in [0.4, 0.5) is 0 Å². The lowest BCUT2D eigenvalue weighted by molar-refractivity contribution is -0.126. The first-order valence-electron chi connectivity index (χ1n) is 20.8. The molecule has 60 heavy (non-hydrogen) atoms. The maximum Gasteiger partial charge on any atom is 0.223 e. The summed E-state index contributed by atoms with van der Waals surface area (Å²) < 4.78 is 54.7. The Morgan fingerprint density at radius 2 is 1.27 bits per heavy atom. The van der Waals surface area contributed by atoms with Crippen LogP contribution in [0.15, 0.2) is 29.3 Å². The van der Waals surface area contributed by atoms with Gasteiger partial charge in [-0.2, -0.15) is 0 Å². The van der Waals surface area contributed by atoms with E-state index >= 15 is 0 Å². The number of amides is 1. The number of imidazole rings is 1. The van der Waals surface area contributed by atoms with Crippen molar-refractivity contribution in [3.05, 3.63) is 35.8 Å². The van der Waals surface area contributed by atoms with Crippen LogP contribution in [-0.2, 0) is 47.4 Å². The molecule has 1 fully saturated rings. The van der Waals surface area contributed by atoms with Gasteiger partial charge in [0.25, 0.3) is 0 Å². The Bertz CT molecular complexity index is 1650. The molecule has 2 aromatic heterocycles. The van der Waals surface area contributed by atoms with Gasteiger partial charge in [0, 0.05) is 30.3 Å². The number of aromatic nitrogens is 3. The number of hydrogen-bond donors (Lipinski definition) is 6. The van der Waals surface area contributed by atoms with E-state index in [-0.39, 0.29) is 23.6 Å². The third-order valence-electron chi connectivity index (χ3n) is 9.54. The van der Waals surface area contributed by atoms with Gasteiger partial charge in [-0.25, -0.2) is 9.98 Å². The number of amidine groups is 1. The SMILES string of the molecule is COc1cccc2cc(-c3nc([C@H]4CC[C@H](C(=O)NCCOCCOCCOCCOCCOCCOCCOCCOCCOCCN)CC4)[nH]c3/C(N)=N\C=N)[nH]c12. The van der Waals surface area contributed by atoms with Gasteiger partial charge in [0.15, 0.2) is 5.84 Å². The van der Waals surface area contributed by atoms with Crippen LogP contribution < -0.4 is 21.5 Å². The first-order chi connectivity index (χ1) is 29.5. The maximum absolute atomic E-state index is 12.9. The van der Waals surface area contributed by atoms with Gasteiger partial charge in [-0.3, -0.25) is 10.2 Å². The van der Waals surface area contributed by atoms with E-state index in [1.165, 1.54) is 0 Å². The lowest BCUT2D eigenvalue weighted by Gasteiger charge is -2.26. The number of rotatable bonds is 35. The van der Waals surface area contributed by atoms with Gasteiger partial charge in [-0.1, -0.05) is 12.1 Å². The van der Waals surface area contributed by atoms with Gasteiger partial charge in [-0.15, -0.1) is 0 Å². The molecule has 4 rings (SSSR count). The van der Waals surface area contributed by atoms with E-state index in [0.717, 1.165) is 60.2 Å². The van der Waals surface area contributed by atoms with Gasteiger partial charge >= 0.3 is 0 Å². The summed E-state index contributed by atoms with van der Waals surface area (Å²) >= 11 is 0. The number of nitrogens with two attached hydrogens (primary N) is 2. The minimum absolute atomic E-state index is 0.0415. The highest BCUT2D eigenvalue weighted by molar-refractivity contribution is 6.04. The number of para-hydroxylation sites is 1. The van der Waals surface area contributed by atoms with E-state index in [9.17, 15) is 4.79 Å². The Labute approximate surface area is 352 Å². The van der Waals surface area contributed by atoms with Gasteiger partial charge in [-0.05, 0) is 37.8 Å². The molecule has 8 N–H and O–H groups in total. The predicted molar refractivity (Wildman–Crippen MR) is 226 cm³/mol. The average Bonchev–Trinajstić information content (AvgIpc) is 3.92. The summed E-state index contributed by atoms with van der Waals surface area (Å²) in [4.78, 5) is 28.6. The van der Waals surface area contributed by atoms with Gasteiger partial charge in [0.2, 0.25) is 5.91 Å². The quantitative estimate of drug-likeness (QED) is 0.0283. The number of aliphatic imine (C=N–C) groups is 1. The standard InChI is InChI=1S/C41H66N8O11/c1-51-35-4-2-3-33-29-34(47-36(33)35)37-38(39(44)46-30-43)49-40(48-37)31-5-7-32(8-6-31)41(50)45-10-12-53-14-16-55-18-20-57-22-24-59-26-28-60-27-25-58-23-21-56-19-17-54-15-13-52-11-9-42/h2-4,29-32,47H,5-28,42H2,1H3,(H,45,50)(H,48,49)(H3,43,44,46)/t31-,32-. The van der Waals surface area contributed by atoms with Crippen LogP contribution in [-0.4, -0.2) is 172 Å². The topological polar surface area (TPSA) is 254 Å². The van der Waals surface area contributed by atoms with E-state index in [1.54, 1.807) is 7.11 Å². The van der Waals surface area contributed by atoms with Crippen molar-refractivity contribution in [3.63, 3.8) is 0 Å². The summed E-state index contributed by atoms with van der Waals surface area (Å²) in [7, 11) is 1.63. The second-order valence-electron chi connectivity index (χ2n) is 13.7. The van der Waals surface area contributed by atoms with E-state index < -0.39 is 0 Å². The Morgan fingerprint density at radius 3 is 1.75 bits per heavy atom. The normalized spacial score (nSPS) is 15.8. The minimum Gasteiger partial charge on any atom is -0.495 e. The molecular weight excluding hydrogens is 780 g/mol. The molecule has 1 aromatic carbocycles. The molecule has 1 aliphatic rings. The number of carbonyl (C=O) groups excluding carboxylic acids is 1. The Hall–Kier alpha value is -4.02. The van der Waals surface area contributed by atoms with Crippen molar-refractivity contribution in [1.82, 2.24) is 20.3 Å². The number of methoxy groups -OCH3 is 1. The van der Waals surface area contributed by atoms with E-state index in [1.807, 2.05) is 24.3 Å². The van der Waals surface area contributed by atoms with Crippen molar-refractivity contribution in [1.29, 1.82) is 5.41 Å². The molecule has 2 heterocycles. The van der Waals surface area contributed by atoms with Crippen molar-refractivity contribution in [3.8, 4) is 17.1 Å². The van der Waals surface area contributed by atoms with Crippen molar-refractivity contribution in [2.45, 2.75) is 31.6 Å². The van der Waals surface area contributed by atoms with Crippen LogP contribution >= 0.6 is 0 Å². The minimum atomic E-state index is -0.0688. The molecular formula is C41H66N8O11. The lowest BCUT2D eigenvalue weighted by Crippen LogP contribution is -2.35. The molecule has 0 aliphatic heterocycles. The molecule has 1 aliphatic carbocycles. The fourth-order valence-electron chi connectivity index (χ4n) is 6.49. The zero-order valence-corrected chi connectivity index (χ0v) is 35.1. The summed E-state index contributed by atoms with van der Waals surface area (Å²) in [5.74, 6) is 1.79. The molecule has 0 atom stereocenters. The number of nitrogens with zero attached hydrogens (tertiary/aromatic N) is 2. The molecule has 0 bridgehead atoms. The van der Waals surface area contributed by atoms with Crippen LogP contribution in [0.5, 0.6) is 5.75 Å². The number of hydrogen-bond acceptors (Lipinski definition) is 14. The third kappa shape index (κ3) is 17.9. The zero-order chi connectivity index (χ0) is 42.5. The molecule has 3 aromatic rings. The molecule has 19 nitrogen and oxygen atoms in total. The zero-order valence-electron chi connectivity index (χ0n) is 35.1. The van der Waals surface area contributed by atoms with E-state index in [0.29, 0.717) is 143 Å². The number of carbonyl (C=O) groups is 1. The number of benzene rings is 1. The van der Waals surface area contributed by atoms with E-state index in [2.05, 4.69) is 20.3 Å². The number of fused-ring (bicyclic) bond motifs is 1. The second kappa shape index (κ2) is 30.1. The van der Waals surface area contributed by atoms with Crippen LogP contribution in [0.3, 0.4) is 0 Å². The van der Waals surface area contributed by atoms with Crippen molar-refractivity contribution in [2.75, 3.05) is 139 Å². The first-order valence-corrected chi connectivity index (χ1v) is 20.8. The summed E-state index contributed by atoms with van der Waals surface area (Å²) in [6.45, 7) is 9.73. The van der Waals surface area contributed by atoms with Crippen molar-refractivity contribution < 1.29 is 52.2 Å². The van der Waals surface area contributed by atoms with Gasteiger partial charge in [0.1, 0.15) is 29.3 Å². The van der Waals surface area contributed by atoms with Gasteiger partial charge < -0.3 is 74.1 Å². The number of aromatic amines is 2. The maximum atomic E-state index is 12.9. The van der Waals surface area contributed by atoms with Crippen molar-refractivity contribution >= 4 is 29.0 Å². The third-order valence-corrected chi connectivity index (χ3v) is 9.54. The second-order valence-corrected chi connectivity index (χ2v) is 13.7. The Balaban J connectivity index is 0.937. The largest absolute Gasteiger partial charge is 0.495 e. The highest BCUT2D eigenvalue weighted by atomic mass is 16.6. The number of H-pyrrole nitrogens is 2. The van der Waals surface area contributed by atoms with Crippen LogP contribution in [0.25, 0.3) is 22.3 Å². The molecule has 19 heteroatoms. The molecule has 1 amide bonds. The van der Waals surface area contributed by atoms with Crippen molar-refractivity contribution in [2.24, 2.45) is 22.4 Å². The summed E-state index contributed by atoms with van der Waals surface area (Å²) in [6.07, 6.45) is 4.00. The summed E-state index contributed by atoms with van der Waals surface area (Å²) in [5, 5.41) is 11.4. The lowest BCUT2D eigenvalue weighted by atomic mass is 9.81. The molecule has 1 saturated carbocycles. The number of ether oxygens (including phenoxy) is 10. The Kier molecular flexibility index (Phi) is 24.4. The average molecular weight is 847 g/mol. The smallest absolute Gasteiger partial charge is 0.223 e. The molecule has 0 unspecified atom stereocenters. The molecule has 336 valence electrons. The predicted octanol–water partition coefficient (Wildman–Crippen LogP) is 2.38. The fourth-order valence-corrected chi connectivity index (χ4v) is 6.49. The monoisotopic (exact) mass is 846 g/mol. The summed E-state index contributed by atoms with van der Waals surface area (Å²) in [5.41, 5.74) is 14.4. The van der Waals surface area contributed by atoms with E-state index in [4.69, 9.17) is 69.2 Å². The van der Waals surface area contributed by atoms with Crippen LogP contribution in [0.2, 0.25) is 0 Å². The molecule has 0 spiro atoms. The van der Waals surface area contributed by atoms with Crippen LogP contribution in [0.1, 0.15) is 43.1 Å². The Morgan fingerprint density at radius 1 is 0.767 bits per heavy atom. The first kappa shape index (κ1) is 48.6. The molecule has 0 saturated heterocycles. The van der Waals surface area contributed by atoms with Gasteiger partial charge in [0.05, 0.1) is 137 Å².